The Morgan fingerprint density at radius 1 is 1.03 bits per heavy atom. The molecule has 1 saturated heterocycles. The number of amides is 1. The Labute approximate surface area is 194 Å². The van der Waals surface area contributed by atoms with Crippen molar-refractivity contribution in [1.29, 1.82) is 0 Å². The lowest BCUT2D eigenvalue weighted by Crippen LogP contribution is -2.48. The average molecular weight is 464 g/mol. The van der Waals surface area contributed by atoms with Gasteiger partial charge in [0, 0.05) is 18.7 Å². The molecule has 32 heavy (non-hydrogen) atoms. The van der Waals surface area contributed by atoms with Crippen LogP contribution in [0.3, 0.4) is 0 Å². The highest BCUT2D eigenvalue weighted by Crippen LogP contribution is 2.34. The van der Waals surface area contributed by atoms with Gasteiger partial charge in [-0.2, -0.15) is 0 Å². The van der Waals surface area contributed by atoms with Crippen molar-refractivity contribution in [3.8, 4) is 0 Å². The van der Waals surface area contributed by atoms with Gasteiger partial charge in [-0.05, 0) is 89.8 Å². The van der Waals surface area contributed by atoms with Gasteiger partial charge in [0.1, 0.15) is 0 Å². The van der Waals surface area contributed by atoms with E-state index >= 15 is 0 Å². The molecule has 180 valence electrons. The molecule has 1 aromatic carbocycles. The lowest BCUT2D eigenvalue weighted by atomic mass is 9.80. The predicted molar refractivity (Wildman–Crippen MR) is 130 cm³/mol. The molecule has 0 spiro atoms. The third-order valence-electron chi connectivity index (χ3n) is 7.08. The first kappa shape index (κ1) is 25.2. The van der Waals surface area contributed by atoms with Crippen molar-refractivity contribution in [2.75, 3.05) is 18.8 Å². The lowest BCUT2D eigenvalue weighted by Gasteiger charge is -2.35. The number of hydrogen-bond donors (Lipinski definition) is 0. The molecule has 0 unspecified atom stereocenters. The maximum absolute atomic E-state index is 13.0. The average Bonchev–Trinajstić information content (AvgIpc) is 2.71. The van der Waals surface area contributed by atoms with Gasteiger partial charge >= 0.3 is 0 Å². The molecule has 5 nitrogen and oxygen atoms in total. The fraction of sp³-hybridized carbons (Fsp3) is 0.731. The number of sulfone groups is 1. The molecular weight excluding hydrogens is 422 g/mol. The van der Waals surface area contributed by atoms with Crippen molar-refractivity contribution in [3.63, 3.8) is 0 Å². The zero-order valence-electron chi connectivity index (χ0n) is 20.5. The smallest absolute Gasteiger partial charge is 0.254 e. The molecular formula is C26H41NO4S. The van der Waals surface area contributed by atoms with Gasteiger partial charge in [0.2, 0.25) is 0 Å². The number of nitrogens with zero attached hydrogens (tertiary/aromatic N) is 1. The molecule has 1 aromatic rings. The summed E-state index contributed by atoms with van der Waals surface area (Å²) in [5.74, 6) is 1.36. The summed E-state index contributed by atoms with van der Waals surface area (Å²) in [6.45, 7) is 10.7. The van der Waals surface area contributed by atoms with Crippen molar-refractivity contribution in [3.05, 3.63) is 35.4 Å². The van der Waals surface area contributed by atoms with Crippen LogP contribution < -0.4 is 0 Å². The van der Waals surface area contributed by atoms with Crippen LogP contribution in [0.25, 0.3) is 0 Å². The Hall–Kier alpha value is -1.40. The number of morpholine rings is 1. The second-order valence-corrected chi connectivity index (χ2v) is 13.8. The molecule has 1 amide bonds. The largest absolute Gasteiger partial charge is 0.372 e. The van der Waals surface area contributed by atoms with Crippen molar-refractivity contribution in [1.82, 2.24) is 4.90 Å². The monoisotopic (exact) mass is 463 g/mol. The molecule has 1 aliphatic carbocycles. The molecule has 2 aliphatic rings. The van der Waals surface area contributed by atoms with Crippen LogP contribution in [-0.2, 0) is 21.0 Å². The standard InChI is InChI=1S/C26H41NO4S/c1-19-16-27(17-20(2)31-19)25(28)24-8-6-7-22(15-24)12-9-21-10-13-23(14-11-21)18-32(29,30)26(3,4)5/h6-8,15,19-21,23H,9-14,16-18H2,1-5H3/t19-,20+,21?,23?. The molecule has 2 atom stereocenters. The van der Waals surface area contributed by atoms with E-state index in [0.29, 0.717) is 30.7 Å². The molecule has 1 saturated carbocycles. The van der Waals surface area contributed by atoms with Crippen LogP contribution in [0.5, 0.6) is 0 Å². The van der Waals surface area contributed by atoms with Crippen molar-refractivity contribution < 1.29 is 17.9 Å². The fourth-order valence-corrected chi connectivity index (χ4v) is 6.46. The van der Waals surface area contributed by atoms with Crippen LogP contribution in [0, 0.1) is 11.8 Å². The molecule has 0 N–H and O–H groups in total. The Morgan fingerprint density at radius 3 is 2.22 bits per heavy atom. The third-order valence-corrected chi connectivity index (χ3v) is 9.85. The second kappa shape index (κ2) is 10.3. The second-order valence-electron chi connectivity index (χ2n) is 11.0. The minimum absolute atomic E-state index is 0.0689. The van der Waals surface area contributed by atoms with Gasteiger partial charge in [-0.25, -0.2) is 8.42 Å². The SMILES string of the molecule is C[C@@H]1CN(C(=O)c2cccc(CCC3CCC(CS(=O)(=O)C(C)(C)C)CC3)c2)C[C@H](C)O1. The first-order valence-electron chi connectivity index (χ1n) is 12.2. The Kier molecular flexibility index (Phi) is 8.08. The van der Waals surface area contributed by atoms with E-state index in [9.17, 15) is 13.2 Å². The molecule has 0 aromatic heterocycles. The fourth-order valence-electron chi connectivity index (χ4n) is 5.00. The summed E-state index contributed by atoms with van der Waals surface area (Å²) in [5, 5.41) is 0. The number of carbonyl (C=O) groups excluding carboxylic acids is 1. The zero-order valence-corrected chi connectivity index (χ0v) is 21.3. The van der Waals surface area contributed by atoms with Gasteiger partial charge in [-0.15, -0.1) is 0 Å². The normalized spacial score (nSPS) is 27.3. The van der Waals surface area contributed by atoms with Gasteiger partial charge in [-0.1, -0.05) is 25.0 Å². The molecule has 1 heterocycles. The topological polar surface area (TPSA) is 63.7 Å². The van der Waals surface area contributed by atoms with Gasteiger partial charge in [-0.3, -0.25) is 4.79 Å². The van der Waals surface area contributed by atoms with Crippen LogP contribution in [0.15, 0.2) is 24.3 Å². The number of rotatable bonds is 6. The van der Waals surface area contributed by atoms with E-state index in [1.165, 1.54) is 5.56 Å². The first-order chi connectivity index (χ1) is 14.9. The summed E-state index contributed by atoms with van der Waals surface area (Å²) in [6, 6.07) is 8.07. The molecule has 0 radical (unpaired) electrons. The van der Waals surface area contributed by atoms with Crippen LogP contribution in [0.4, 0.5) is 0 Å². The molecule has 0 bridgehead atoms. The van der Waals surface area contributed by atoms with Crippen LogP contribution in [-0.4, -0.2) is 55.0 Å². The maximum atomic E-state index is 13.0. The molecule has 3 rings (SSSR count). The summed E-state index contributed by atoms with van der Waals surface area (Å²) < 4.78 is 30.1. The third kappa shape index (κ3) is 6.57. The summed E-state index contributed by atoms with van der Waals surface area (Å²) in [6.07, 6.45) is 6.42. The van der Waals surface area contributed by atoms with E-state index < -0.39 is 14.6 Å². The lowest BCUT2D eigenvalue weighted by molar-refractivity contribution is -0.0586. The van der Waals surface area contributed by atoms with E-state index in [-0.39, 0.29) is 18.1 Å². The molecule has 2 fully saturated rings. The van der Waals surface area contributed by atoms with Crippen LogP contribution >= 0.6 is 0 Å². The van der Waals surface area contributed by atoms with Crippen LogP contribution in [0.1, 0.15) is 82.6 Å². The zero-order chi connectivity index (χ0) is 23.5. The quantitative estimate of drug-likeness (QED) is 0.603. The van der Waals surface area contributed by atoms with E-state index in [0.717, 1.165) is 44.1 Å². The summed E-state index contributed by atoms with van der Waals surface area (Å²) in [5.41, 5.74) is 1.97. The molecule has 6 heteroatoms. The predicted octanol–water partition coefficient (Wildman–Crippen LogP) is 4.89. The Balaban J connectivity index is 1.49. The number of ether oxygens (including phenoxy) is 1. The van der Waals surface area contributed by atoms with E-state index in [4.69, 9.17) is 4.74 Å². The van der Waals surface area contributed by atoms with E-state index in [2.05, 4.69) is 12.1 Å². The van der Waals surface area contributed by atoms with E-state index in [1.807, 2.05) is 30.9 Å². The highest BCUT2D eigenvalue weighted by atomic mass is 32.2. The van der Waals surface area contributed by atoms with Gasteiger partial charge in [0.15, 0.2) is 9.84 Å². The van der Waals surface area contributed by atoms with Crippen molar-refractivity contribution in [2.45, 2.75) is 90.1 Å². The minimum Gasteiger partial charge on any atom is -0.372 e. The number of benzene rings is 1. The Bertz CT molecular complexity index is 871. The van der Waals surface area contributed by atoms with E-state index in [1.54, 1.807) is 20.8 Å². The summed E-state index contributed by atoms with van der Waals surface area (Å²) in [4.78, 5) is 14.9. The molecule has 1 aliphatic heterocycles. The van der Waals surface area contributed by atoms with Gasteiger partial charge in [0.25, 0.3) is 5.91 Å². The number of hydrogen-bond acceptors (Lipinski definition) is 4. The first-order valence-corrected chi connectivity index (χ1v) is 13.9. The highest BCUT2D eigenvalue weighted by molar-refractivity contribution is 7.92. The van der Waals surface area contributed by atoms with Crippen molar-refractivity contribution in [2.24, 2.45) is 11.8 Å². The summed E-state index contributed by atoms with van der Waals surface area (Å²) >= 11 is 0. The summed E-state index contributed by atoms with van der Waals surface area (Å²) in [7, 11) is -3.04. The van der Waals surface area contributed by atoms with Gasteiger partial charge in [0.05, 0.1) is 22.7 Å². The number of aryl methyl sites for hydroxylation is 1. The van der Waals surface area contributed by atoms with Gasteiger partial charge < -0.3 is 9.64 Å². The highest BCUT2D eigenvalue weighted by Gasteiger charge is 2.33. The minimum atomic E-state index is -3.04. The Morgan fingerprint density at radius 2 is 1.62 bits per heavy atom. The van der Waals surface area contributed by atoms with Crippen molar-refractivity contribution >= 4 is 15.7 Å². The maximum Gasteiger partial charge on any atom is 0.254 e. The van der Waals surface area contributed by atoms with Crippen LogP contribution in [0.2, 0.25) is 0 Å². The number of carbonyl (C=O) groups is 1.